The first kappa shape index (κ1) is 11.8. The van der Waals surface area contributed by atoms with Crippen LogP contribution in [-0.2, 0) is 4.79 Å². The molecule has 0 aromatic heterocycles. The Balaban J connectivity index is 5.03. The van der Waals surface area contributed by atoms with Crippen LogP contribution in [0, 0.1) is 5.92 Å². The molecular formula is C8H15N3O2. The summed E-state index contributed by atoms with van der Waals surface area (Å²) in [5.41, 5.74) is 7.05. The first-order chi connectivity index (χ1) is 6.01. The van der Waals surface area contributed by atoms with Crippen LogP contribution in [0.3, 0.4) is 0 Å². The third-order valence-corrected chi connectivity index (χ3v) is 2.18. The van der Waals surface area contributed by atoms with Gasteiger partial charge in [-0.1, -0.05) is 32.3 Å². The molecule has 0 bridgehead atoms. The molecule has 0 fully saturated rings. The minimum Gasteiger partial charge on any atom is -0.481 e. The van der Waals surface area contributed by atoms with Crippen molar-refractivity contribution < 1.29 is 9.90 Å². The average Bonchev–Trinajstić information content (AvgIpc) is 2.03. The van der Waals surface area contributed by atoms with Crippen molar-refractivity contribution in [3.63, 3.8) is 0 Å². The van der Waals surface area contributed by atoms with E-state index in [9.17, 15) is 4.79 Å². The molecule has 0 saturated carbocycles. The van der Waals surface area contributed by atoms with Gasteiger partial charge in [0.15, 0.2) is 0 Å². The highest BCUT2D eigenvalue weighted by molar-refractivity contribution is 5.79. The Bertz CT molecular complexity index is 230. The van der Waals surface area contributed by atoms with Crippen LogP contribution in [0.25, 0.3) is 10.4 Å². The minimum absolute atomic E-state index is 0.194. The standard InChI is InChI=1S/C8H15N3O2/c1-4-5-8(6(2)3,7(12)13)10-11-9/h6H,4-5H2,1-3H3,(H,12,13)/t8-/m0/s1. The lowest BCUT2D eigenvalue weighted by Crippen LogP contribution is -2.41. The Morgan fingerprint density at radius 2 is 2.23 bits per heavy atom. The molecule has 0 aromatic carbocycles. The summed E-state index contributed by atoms with van der Waals surface area (Å²) < 4.78 is 0. The molecule has 0 unspecified atom stereocenters. The molecular weight excluding hydrogens is 170 g/mol. The quantitative estimate of drug-likeness (QED) is 0.405. The summed E-state index contributed by atoms with van der Waals surface area (Å²) in [6.07, 6.45) is 1.06. The fourth-order valence-electron chi connectivity index (χ4n) is 1.31. The number of carbonyl (C=O) groups is 1. The van der Waals surface area contributed by atoms with Crippen LogP contribution in [0.4, 0.5) is 0 Å². The summed E-state index contributed by atoms with van der Waals surface area (Å²) in [6.45, 7) is 5.36. The lowest BCUT2D eigenvalue weighted by molar-refractivity contribution is -0.145. The Kier molecular flexibility index (Phi) is 4.28. The molecule has 1 N–H and O–H groups in total. The summed E-state index contributed by atoms with van der Waals surface area (Å²) in [6, 6.07) is 0. The van der Waals surface area contributed by atoms with E-state index in [1.54, 1.807) is 13.8 Å². The van der Waals surface area contributed by atoms with Crippen molar-refractivity contribution in [3.8, 4) is 0 Å². The van der Waals surface area contributed by atoms with Crippen LogP contribution in [0.5, 0.6) is 0 Å². The summed E-state index contributed by atoms with van der Waals surface area (Å²) in [7, 11) is 0. The van der Waals surface area contributed by atoms with E-state index in [4.69, 9.17) is 10.6 Å². The average molecular weight is 185 g/mol. The van der Waals surface area contributed by atoms with Gasteiger partial charge in [0, 0.05) is 4.91 Å². The van der Waals surface area contributed by atoms with Gasteiger partial charge in [-0.2, -0.15) is 0 Å². The molecule has 0 radical (unpaired) electrons. The number of hydrogen-bond donors (Lipinski definition) is 1. The lowest BCUT2D eigenvalue weighted by atomic mass is 9.83. The van der Waals surface area contributed by atoms with Crippen LogP contribution in [0.2, 0.25) is 0 Å². The minimum atomic E-state index is -1.27. The molecule has 13 heavy (non-hydrogen) atoms. The second kappa shape index (κ2) is 4.72. The van der Waals surface area contributed by atoms with E-state index >= 15 is 0 Å². The highest BCUT2D eigenvalue weighted by Crippen LogP contribution is 2.28. The number of aliphatic carboxylic acids is 1. The van der Waals surface area contributed by atoms with E-state index in [0.29, 0.717) is 12.8 Å². The molecule has 74 valence electrons. The first-order valence-electron chi connectivity index (χ1n) is 4.31. The predicted molar refractivity (Wildman–Crippen MR) is 49.3 cm³/mol. The van der Waals surface area contributed by atoms with E-state index < -0.39 is 11.5 Å². The fourth-order valence-corrected chi connectivity index (χ4v) is 1.31. The molecule has 0 amide bonds. The Labute approximate surface area is 77.4 Å². The van der Waals surface area contributed by atoms with E-state index in [2.05, 4.69) is 10.0 Å². The third-order valence-electron chi connectivity index (χ3n) is 2.18. The predicted octanol–water partition coefficient (Wildman–Crippen LogP) is 2.58. The van der Waals surface area contributed by atoms with Crippen molar-refractivity contribution in [1.29, 1.82) is 0 Å². The van der Waals surface area contributed by atoms with E-state index in [-0.39, 0.29) is 5.92 Å². The maximum atomic E-state index is 11.0. The van der Waals surface area contributed by atoms with Crippen molar-refractivity contribution in [1.82, 2.24) is 0 Å². The summed E-state index contributed by atoms with van der Waals surface area (Å²) in [5.74, 6) is -1.23. The second-order valence-electron chi connectivity index (χ2n) is 3.32. The largest absolute Gasteiger partial charge is 0.481 e. The van der Waals surface area contributed by atoms with Crippen molar-refractivity contribution in [2.75, 3.05) is 0 Å². The first-order valence-corrected chi connectivity index (χ1v) is 4.31. The van der Waals surface area contributed by atoms with Crippen molar-refractivity contribution in [2.24, 2.45) is 11.0 Å². The van der Waals surface area contributed by atoms with E-state index in [1.165, 1.54) is 0 Å². The van der Waals surface area contributed by atoms with E-state index in [1.807, 2.05) is 6.92 Å². The van der Waals surface area contributed by atoms with Gasteiger partial charge in [0.2, 0.25) is 0 Å². The van der Waals surface area contributed by atoms with Gasteiger partial charge in [0.25, 0.3) is 0 Å². The Morgan fingerprint density at radius 3 is 2.46 bits per heavy atom. The third kappa shape index (κ3) is 2.36. The van der Waals surface area contributed by atoms with Crippen molar-refractivity contribution in [2.45, 2.75) is 39.2 Å². The lowest BCUT2D eigenvalue weighted by Gasteiger charge is -2.27. The van der Waals surface area contributed by atoms with Crippen molar-refractivity contribution >= 4 is 5.97 Å². The zero-order chi connectivity index (χ0) is 10.5. The molecule has 0 aliphatic carbocycles. The fraction of sp³-hybridized carbons (Fsp3) is 0.875. The van der Waals surface area contributed by atoms with Crippen LogP contribution in [0.15, 0.2) is 5.11 Å². The molecule has 0 aliphatic rings. The van der Waals surface area contributed by atoms with Gasteiger partial charge in [-0.25, -0.2) is 0 Å². The van der Waals surface area contributed by atoms with Gasteiger partial charge in [-0.15, -0.1) is 0 Å². The van der Waals surface area contributed by atoms with Gasteiger partial charge in [-0.05, 0) is 17.9 Å². The SMILES string of the molecule is CCC[C@@](N=[N+]=[N-])(C(=O)O)C(C)C. The maximum Gasteiger partial charge on any atom is 0.315 e. The molecule has 5 heteroatoms. The van der Waals surface area contributed by atoms with Gasteiger partial charge in [0.1, 0.15) is 5.54 Å². The Morgan fingerprint density at radius 1 is 1.69 bits per heavy atom. The summed E-state index contributed by atoms with van der Waals surface area (Å²) in [4.78, 5) is 13.6. The highest BCUT2D eigenvalue weighted by atomic mass is 16.4. The Hall–Kier alpha value is -1.22. The van der Waals surface area contributed by atoms with Gasteiger partial charge in [-0.3, -0.25) is 4.79 Å². The van der Waals surface area contributed by atoms with Gasteiger partial charge in [0.05, 0.1) is 0 Å². The monoisotopic (exact) mass is 185 g/mol. The molecule has 0 aliphatic heterocycles. The molecule has 0 aromatic rings. The number of carboxylic acids is 1. The van der Waals surface area contributed by atoms with Crippen LogP contribution < -0.4 is 0 Å². The van der Waals surface area contributed by atoms with Crippen LogP contribution >= 0.6 is 0 Å². The maximum absolute atomic E-state index is 11.0. The second-order valence-corrected chi connectivity index (χ2v) is 3.32. The highest BCUT2D eigenvalue weighted by Gasteiger charge is 2.39. The number of hydrogen-bond acceptors (Lipinski definition) is 2. The molecule has 0 spiro atoms. The zero-order valence-electron chi connectivity index (χ0n) is 8.19. The number of azide groups is 1. The van der Waals surface area contributed by atoms with Gasteiger partial charge >= 0.3 is 5.97 Å². The smallest absolute Gasteiger partial charge is 0.315 e. The van der Waals surface area contributed by atoms with Gasteiger partial charge < -0.3 is 5.11 Å². The van der Waals surface area contributed by atoms with Crippen molar-refractivity contribution in [3.05, 3.63) is 10.4 Å². The summed E-state index contributed by atoms with van der Waals surface area (Å²) in [5, 5.41) is 12.4. The molecule has 0 saturated heterocycles. The zero-order valence-corrected chi connectivity index (χ0v) is 8.19. The van der Waals surface area contributed by atoms with Crippen LogP contribution in [-0.4, -0.2) is 16.6 Å². The number of nitrogens with zero attached hydrogens (tertiary/aromatic N) is 3. The molecule has 0 heterocycles. The van der Waals surface area contributed by atoms with Crippen LogP contribution in [0.1, 0.15) is 33.6 Å². The molecule has 1 atom stereocenters. The topological polar surface area (TPSA) is 86.1 Å². The molecule has 0 rings (SSSR count). The van der Waals surface area contributed by atoms with E-state index in [0.717, 1.165) is 0 Å². The number of carboxylic acid groups (broad SMARTS) is 1. The normalized spacial score (nSPS) is 14.8. The molecule has 5 nitrogen and oxygen atoms in total. The summed E-state index contributed by atoms with van der Waals surface area (Å²) >= 11 is 0. The number of rotatable bonds is 5.